The summed E-state index contributed by atoms with van der Waals surface area (Å²) in [5, 5.41) is 0. The lowest BCUT2D eigenvalue weighted by molar-refractivity contribution is -0.135. The van der Waals surface area contributed by atoms with Gasteiger partial charge in [-0.3, -0.25) is 9.59 Å². The lowest BCUT2D eigenvalue weighted by Crippen LogP contribution is -2.31. The molecule has 0 aliphatic heterocycles. The molecule has 0 spiro atoms. The highest BCUT2D eigenvalue weighted by molar-refractivity contribution is 6.71. The average molecular weight is 479 g/mol. The van der Waals surface area contributed by atoms with E-state index in [1.54, 1.807) is 6.08 Å². The van der Waals surface area contributed by atoms with Gasteiger partial charge in [0.15, 0.2) is 14.1 Å². The molecule has 0 N–H and O–H groups in total. The van der Waals surface area contributed by atoms with E-state index in [9.17, 15) is 9.59 Å². The first-order chi connectivity index (χ1) is 14.9. The summed E-state index contributed by atoms with van der Waals surface area (Å²) in [7, 11) is -3.41. The van der Waals surface area contributed by atoms with Crippen molar-refractivity contribution in [1.29, 1.82) is 0 Å². The lowest BCUT2D eigenvalue weighted by Gasteiger charge is -2.25. The molecule has 0 saturated heterocycles. The van der Waals surface area contributed by atoms with Crippen LogP contribution in [-0.2, 0) is 18.4 Å². The molecular formula is C26H46O4Si2. The first-order valence-electron chi connectivity index (χ1n) is 12.4. The first kappa shape index (κ1) is 28.8. The Labute approximate surface area is 198 Å². The Bertz CT molecular complexity index is 668. The Morgan fingerprint density at radius 1 is 1.06 bits per heavy atom. The van der Waals surface area contributed by atoms with Gasteiger partial charge in [0, 0.05) is 18.3 Å². The van der Waals surface area contributed by atoms with Crippen molar-refractivity contribution in [3.8, 4) is 0 Å². The fraction of sp³-hybridized carbons (Fsp3) is 0.692. The highest BCUT2D eigenvalue weighted by atomic mass is 28.4. The van der Waals surface area contributed by atoms with Crippen molar-refractivity contribution in [3.05, 3.63) is 36.5 Å². The van der Waals surface area contributed by atoms with Crippen molar-refractivity contribution in [3.63, 3.8) is 0 Å². The van der Waals surface area contributed by atoms with Crippen molar-refractivity contribution < 1.29 is 18.4 Å². The molecular weight excluding hydrogens is 432 g/mol. The largest absolute Gasteiger partial charge is 0.520 e. The zero-order chi connectivity index (χ0) is 24.2. The monoisotopic (exact) mass is 478 g/mol. The molecule has 0 radical (unpaired) electrons. The third-order valence-corrected chi connectivity index (χ3v) is 7.04. The van der Waals surface area contributed by atoms with Gasteiger partial charge in [-0.05, 0) is 71.0 Å². The predicted octanol–water partition coefficient (Wildman–Crippen LogP) is 7.21. The SMILES string of the molecule is CCCCCC(/C=C/[C@H]1C=CC(=O)[C@@H]1C/C=C/CCCC(=O)O[Si](C)(C)C)O[Si](C)(C)C. The summed E-state index contributed by atoms with van der Waals surface area (Å²) in [5.74, 6) is 0.226. The molecule has 0 aromatic rings. The van der Waals surface area contributed by atoms with E-state index < -0.39 is 16.6 Å². The van der Waals surface area contributed by atoms with E-state index in [1.165, 1.54) is 19.3 Å². The van der Waals surface area contributed by atoms with Gasteiger partial charge in [0.1, 0.15) is 0 Å². The predicted molar refractivity (Wildman–Crippen MR) is 140 cm³/mol. The second kappa shape index (κ2) is 14.1. The highest BCUT2D eigenvalue weighted by Crippen LogP contribution is 2.28. The smallest absolute Gasteiger partial charge is 0.292 e. The van der Waals surface area contributed by atoms with E-state index in [2.05, 4.69) is 50.9 Å². The van der Waals surface area contributed by atoms with Crippen LogP contribution in [0.15, 0.2) is 36.5 Å². The number of hydrogen-bond acceptors (Lipinski definition) is 4. The highest BCUT2D eigenvalue weighted by Gasteiger charge is 2.28. The molecule has 1 rings (SSSR count). The van der Waals surface area contributed by atoms with Gasteiger partial charge in [0.05, 0.1) is 6.10 Å². The van der Waals surface area contributed by atoms with Crippen LogP contribution in [0.1, 0.15) is 58.3 Å². The van der Waals surface area contributed by atoms with E-state index in [4.69, 9.17) is 8.85 Å². The van der Waals surface area contributed by atoms with Gasteiger partial charge >= 0.3 is 0 Å². The Morgan fingerprint density at radius 3 is 2.41 bits per heavy atom. The quantitative estimate of drug-likeness (QED) is 0.142. The molecule has 0 amide bonds. The molecule has 1 aliphatic rings. The summed E-state index contributed by atoms with van der Waals surface area (Å²) in [4.78, 5) is 24.2. The van der Waals surface area contributed by atoms with Crippen LogP contribution in [-0.4, -0.2) is 34.5 Å². The molecule has 3 atom stereocenters. The van der Waals surface area contributed by atoms with E-state index in [0.29, 0.717) is 6.42 Å². The normalized spacial score (nSPS) is 20.5. The molecule has 0 aromatic carbocycles. The van der Waals surface area contributed by atoms with Crippen molar-refractivity contribution in [2.75, 3.05) is 0 Å². The molecule has 0 heterocycles. The second-order valence-electron chi connectivity index (χ2n) is 10.8. The zero-order valence-electron chi connectivity index (χ0n) is 21.5. The summed E-state index contributed by atoms with van der Waals surface area (Å²) in [6.07, 6.45) is 19.9. The Hall–Kier alpha value is -1.25. The van der Waals surface area contributed by atoms with Gasteiger partial charge in [-0.1, -0.05) is 56.6 Å². The van der Waals surface area contributed by atoms with Crippen molar-refractivity contribution >= 4 is 28.4 Å². The van der Waals surface area contributed by atoms with Crippen LogP contribution >= 0.6 is 0 Å². The van der Waals surface area contributed by atoms with Crippen LogP contribution in [0.25, 0.3) is 0 Å². The van der Waals surface area contributed by atoms with E-state index in [-0.39, 0.29) is 29.7 Å². The number of carbonyl (C=O) groups excluding carboxylic acids is 2. The molecule has 0 aromatic heterocycles. The third-order valence-electron chi connectivity index (χ3n) is 5.19. The second-order valence-corrected chi connectivity index (χ2v) is 19.7. The number of allylic oxidation sites excluding steroid dienone is 5. The van der Waals surface area contributed by atoms with Crippen LogP contribution in [0.4, 0.5) is 0 Å². The topological polar surface area (TPSA) is 52.6 Å². The fourth-order valence-electron chi connectivity index (χ4n) is 3.74. The lowest BCUT2D eigenvalue weighted by atomic mass is 9.90. The summed E-state index contributed by atoms with van der Waals surface area (Å²) in [5.41, 5.74) is 0. The minimum atomic E-state index is -1.79. The van der Waals surface area contributed by atoms with Gasteiger partial charge in [0.25, 0.3) is 5.97 Å². The number of unbranched alkanes of at least 4 members (excludes halogenated alkanes) is 3. The van der Waals surface area contributed by atoms with Crippen LogP contribution in [0, 0.1) is 11.8 Å². The standard InChI is InChI=1S/C26H46O4Si2/c1-8-9-12-15-23(29-31(2,3)4)20-18-22-19-21-25(27)24(22)16-13-10-11-14-17-26(28)30-32(5,6)7/h10,13,18-24H,8-9,11-12,14-17H2,1-7H3/b13-10+,20-18+/t22-,23?,24+/m0/s1. The molecule has 4 nitrogen and oxygen atoms in total. The maximum Gasteiger partial charge on any atom is 0.292 e. The Balaban J connectivity index is 2.53. The van der Waals surface area contributed by atoms with Crippen LogP contribution in [0.5, 0.6) is 0 Å². The minimum Gasteiger partial charge on any atom is -0.520 e. The van der Waals surface area contributed by atoms with Gasteiger partial charge in [-0.25, -0.2) is 0 Å². The molecule has 6 heteroatoms. The van der Waals surface area contributed by atoms with Crippen molar-refractivity contribution in [2.45, 2.75) is 104 Å². The van der Waals surface area contributed by atoms with Crippen molar-refractivity contribution in [1.82, 2.24) is 0 Å². The molecule has 1 aliphatic carbocycles. The number of carbonyl (C=O) groups is 2. The van der Waals surface area contributed by atoms with Crippen LogP contribution in [0.3, 0.4) is 0 Å². The van der Waals surface area contributed by atoms with Crippen LogP contribution in [0.2, 0.25) is 39.3 Å². The fourth-order valence-corrected chi connectivity index (χ4v) is 5.63. The van der Waals surface area contributed by atoms with Crippen LogP contribution < -0.4 is 0 Å². The maximum absolute atomic E-state index is 12.4. The molecule has 32 heavy (non-hydrogen) atoms. The molecule has 0 saturated carbocycles. The number of rotatable bonds is 15. The molecule has 0 fully saturated rings. The van der Waals surface area contributed by atoms with E-state index >= 15 is 0 Å². The summed E-state index contributed by atoms with van der Waals surface area (Å²) in [6.45, 7) is 15.0. The maximum atomic E-state index is 12.4. The molecule has 0 bridgehead atoms. The Kier molecular flexibility index (Phi) is 12.7. The zero-order valence-corrected chi connectivity index (χ0v) is 23.5. The Morgan fingerprint density at radius 2 is 1.78 bits per heavy atom. The molecule has 1 unspecified atom stereocenters. The summed E-state index contributed by atoms with van der Waals surface area (Å²) >= 11 is 0. The first-order valence-corrected chi connectivity index (χ1v) is 19.2. The van der Waals surface area contributed by atoms with E-state index in [1.807, 2.05) is 25.7 Å². The van der Waals surface area contributed by atoms with Gasteiger partial charge in [-0.15, -0.1) is 0 Å². The minimum absolute atomic E-state index is 0.0254. The summed E-state index contributed by atoms with van der Waals surface area (Å²) < 4.78 is 11.8. The van der Waals surface area contributed by atoms with E-state index in [0.717, 1.165) is 25.7 Å². The van der Waals surface area contributed by atoms with Gasteiger partial charge < -0.3 is 8.85 Å². The third kappa shape index (κ3) is 13.3. The number of ketones is 1. The summed E-state index contributed by atoms with van der Waals surface area (Å²) in [6, 6.07) is 0. The van der Waals surface area contributed by atoms with Gasteiger partial charge in [-0.2, -0.15) is 0 Å². The van der Waals surface area contributed by atoms with Crippen molar-refractivity contribution in [2.24, 2.45) is 11.8 Å². The number of hydrogen-bond donors (Lipinski definition) is 0. The average Bonchev–Trinajstić information content (AvgIpc) is 3.00. The van der Waals surface area contributed by atoms with Gasteiger partial charge in [0.2, 0.25) is 8.32 Å². The molecule has 182 valence electrons.